The van der Waals surface area contributed by atoms with Gasteiger partial charge in [-0.1, -0.05) is 0 Å². The molecule has 2 aromatic rings. The van der Waals surface area contributed by atoms with E-state index in [1.165, 1.54) is 4.68 Å². The third-order valence-electron chi connectivity index (χ3n) is 1.75. The molecule has 0 amide bonds. The highest BCUT2D eigenvalue weighted by Gasteiger charge is 2.06. The van der Waals surface area contributed by atoms with E-state index in [2.05, 4.69) is 20.4 Å². The Labute approximate surface area is 80.8 Å². The zero-order valence-corrected chi connectivity index (χ0v) is 7.68. The average Bonchev–Trinajstić information content (AvgIpc) is 2.61. The van der Waals surface area contributed by atoms with Crippen LogP contribution in [0.1, 0.15) is 0 Å². The lowest BCUT2D eigenvalue weighted by Crippen LogP contribution is -2.02. The molecule has 0 aromatic carbocycles. The van der Waals surface area contributed by atoms with Crippen molar-refractivity contribution in [2.45, 2.75) is 0 Å². The molecule has 6 heteroatoms. The molecule has 0 bridgehead atoms. The van der Waals surface area contributed by atoms with Crippen molar-refractivity contribution in [3.8, 4) is 5.69 Å². The first-order valence-corrected chi connectivity index (χ1v) is 4.12. The van der Waals surface area contributed by atoms with Gasteiger partial charge in [-0.25, -0.2) is 0 Å². The number of hydrogen-bond acceptors (Lipinski definition) is 5. The number of nitrogen functional groups attached to an aromatic ring is 1. The van der Waals surface area contributed by atoms with Gasteiger partial charge in [-0.3, -0.25) is 4.98 Å². The summed E-state index contributed by atoms with van der Waals surface area (Å²) in [4.78, 5) is 7.97. The number of nitrogens with zero attached hydrogens (tertiary/aromatic N) is 4. The first-order chi connectivity index (χ1) is 6.81. The highest BCUT2D eigenvalue weighted by molar-refractivity contribution is 5.39. The Balaban J connectivity index is 2.46. The van der Waals surface area contributed by atoms with E-state index in [0.717, 1.165) is 5.69 Å². The molecule has 0 aliphatic carbocycles. The minimum atomic E-state index is 0.336. The summed E-state index contributed by atoms with van der Waals surface area (Å²) in [5.74, 6) is 0.828. The van der Waals surface area contributed by atoms with Crippen molar-refractivity contribution >= 4 is 11.9 Å². The number of hydrogen-bond donors (Lipinski definition) is 2. The minimum absolute atomic E-state index is 0.336. The molecule has 72 valence electrons. The van der Waals surface area contributed by atoms with E-state index in [1.54, 1.807) is 19.4 Å². The predicted molar refractivity (Wildman–Crippen MR) is 53.1 cm³/mol. The van der Waals surface area contributed by atoms with E-state index in [0.29, 0.717) is 11.9 Å². The van der Waals surface area contributed by atoms with Gasteiger partial charge in [0.2, 0.25) is 11.9 Å². The van der Waals surface area contributed by atoms with Crippen molar-refractivity contribution in [1.29, 1.82) is 0 Å². The van der Waals surface area contributed by atoms with Gasteiger partial charge in [0.25, 0.3) is 0 Å². The van der Waals surface area contributed by atoms with Crippen LogP contribution in [-0.4, -0.2) is 26.8 Å². The summed E-state index contributed by atoms with van der Waals surface area (Å²) in [6, 6.07) is 3.67. The Hall–Kier alpha value is -2.11. The minimum Gasteiger partial charge on any atom is -0.368 e. The van der Waals surface area contributed by atoms with Crippen LogP contribution >= 0.6 is 0 Å². The first kappa shape index (κ1) is 8.49. The topological polar surface area (TPSA) is 81.6 Å². The van der Waals surface area contributed by atoms with E-state index in [4.69, 9.17) is 5.73 Å². The Morgan fingerprint density at radius 3 is 2.93 bits per heavy atom. The molecule has 0 unspecified atom stereocenters. The van der Waals surface area contributed by atoms with Crippen molar-refractivity contribution in [3.63, 3.8) is 0 Å². The lowest BCUT2D eigenvalue weighted by atomic mass is 10.4. The van der Waals surface area contributed by atoms with E-state index >= 15 is 0 Å². The summed E-state index contributed by atoms with van der Waals surface area (Å²) in [5.41, 5.74) is 6.46. The number of aromatic nitrogens is 4. The Morgan fingerprint density at radius 1 is 1.50 bits per heavy atom. The van der Waals surface area contributed by atoms with Crippen molar-refractivity contribution < 1.29 is 0 Å². The third-order valence-corrected chi connectivity index (χ3v) is 1.75. The van der Waals surface area contributed by atoms with Gasteiger partial charge in [0, 0.05) is 13.2 Å². The lowest BCUT2D eigenvalue weighted by Gasteiger charge is -1.99. The molecule has 0 radical (unpaired) electrons. The molecule has 0 saturated carbocycles. The van der Waals surface area contributed by atoms with Gasteiger partial charge in [-0.05, 0) is 12.1 Å². The molecule has 0 atom stereocenters. The molecule has 0 spiro atoms. The maximum absolute atomic E-state index is 5.67. The molecule has 0 saturated heterocycles. The van der Waals surface area contributed by atoms with E-state index in [9.17, 15) is 0 Å². The fourth-order valence-corrected chi connectivity index (χ4v) is 1.10. The first-order valence-electron chi connectivity index (χ1n) is 4.12. The SMILES string of the molecule is CNc1nc(N)n(-c2cccnc2)n1. The average molecular weight is 190 g/mol. The monoisotopic (exact) mass is 190 g/mol. The third kappa shape index (κ3) is 1.37. The van der Waals surface area contributed by atoms with Crippen LogP contribution in [0, 0.1) is 0 Å². The largest absolute Gasteiger partial charge is 0.368 e. The maximum Gasteiger partial charge on any atom is 0.244 e. The van der Waals surface area contributed by atoms with Crippen molar-refractivity contribution in [1.82, 2.24) is 19.7 Å². The van der Waals surface area contributed by atoms with Crippen LogP contribution in [0.15, 0.2) is 24.5 Å². The molecule has 6 nitrogen and oxygen atoms in total. The van der Waals surface area contributed by atoms with Gasteiger partial charge in [-0.15, -0.1) is 5.10 Å². The van der Waals surface area contributed by atoms with Crippen LogP contribution < -0.4 is 11.1 Å². The number of rotatable bonds is 2. The van der Waals surface area contributed by atoms with E-state index in [1.807, 2.05) is 12.1 Å². The smallest absolute Gasteiger partial charge is 0.244 e. The summed E-state index contributed by atoms with van der Waals surface area (Å²) in [6.45, 7) is 0. The summed E-state index contributed by atoms with van der Waals surface area (Å²) < 4.78 is 1.53. The fourth-order valence-electron chi connectivity index (χ4n) is 1.10. The van der Waals surface area contributed by atoms with Gasteiger partial charge >= 0.3 is 0 Å². The Bertz CT molecular complexity index is 421. The molecule has 14 heavy (non-hydrogen) atoms. The summed E-state index contributed by atoms with van der Waals surface area (Å²) in [5, 5.41) is 6.94. The number of anilines is 2. The van der Waals surface area contributed by atoms with Gasteiger partial charge in [0.1, 0.15) is 0 Å². The van der Waals surface area contributed by atoms with E-state index < -0.39 is 0 Å². The van der Waals surface area contributed by atoms with Crippen LogP contribution in [0.25, 0.3) is 5.69 Å². The van der Waals surface area contributed by atoms with Crippen LogP contribution in [-0.2, 0) is 0 Å². The summed E-state index contributed by atoms with van der Waals surface area (Å²) in [6.07, 6.45) is 3.36. The summed E-state index contributed by atoms with van der Waals surface area (Å²) >= 11 is 0. The zero-order chi connectivity index (χ0) is 9.97. The van der Waals surface area contributed by atoms with Crippen LogP contribution in [0.3, 0.4) is 0 Å². The molecule has 0 aliphatic rings. The number of nitrogens with one attached hydrogen (secondary N) is 1. The Kier molecular flexibility index (Phi) is 2.02. The molecular formula is C8H10N6. The molecule has 2 aromatic heterocycles. The van der Waals surface area contributed by atoms with Crippen LogP contribution in [0.5, 0.6) is 0 Å². The van der Waals surface area contributed by atoms with Gasteiger partial charge in [0.15, 0.2) is 0 Å². The van der Waals surface area contributed by atoms with Crippen molar-refractivity contribution in [2.24, 2.45) is 0 Å². The fraction of sp³-hybridized carbons (Fsp3) is 0.125. The highest BCUT2D eigenvalue weighted by atomic mass is 15.4. The normalized spacial score (nSPS) is 10.1. The van der Waals surface area contributed by atoms with Gasteiger partial charge < -0.3 is 11.1 Å². The van der Waals surface area contributed by atoms with Gasteiger partial charge in [-0.2, -0.15) is 9.67 Å². The predicted octanol–water partition coefficient (Wildman–Crippen LogP) is 0.286. The summed E-state index contributed by atoms with van der Waals surface area (Å²) in [7, 11) is 1.74. The van der Waals surface area contributed by atoms with E-state index in [-0.39, 0.29) is 0 Å². The van der Waals surface area contributed by atoms with Crippen molar-refractivity contribution in [2.75, 3.05) is 18.1 Å². The molecule has 0 aliphatic heterocycles. The van der Waals surface area contributed by atoms with Crippen LogP contribution in [0.2, 0.25) is 0 Å². The van der Waals surface area contributed by atoms with Crippen LogP contribution in [0.4, 0.5) is 11.9 Å². The lowest BCUT2D eigenvalue weighted by molar-refractivity contribution is 0.886. The maximum atomic E-state index is 5.67. The van der Waals surface area contributed by atoms with Crippen molar-refractivity contribution in [3.05, 3.63) is 24.5 Å². The number of nitrogens with two attached hydrogens (primary N) is 1. The number of pyridine rings is 1. The molecular weight excluding hydrogens is 180 g/mol. The molecule has 2 rings (SSSR count). The molecule has 2 heterocycles. The second kappa shape index (κ2) is 3.33. The molecule has 3 N–H and O–H groups in total. The standard InChI is InChI=1S/C8H10N6/c1-10-8-12-7(9)14(13-8)6-3-2-4-11-5-6/h2-5H,1H3,(H3,9,10,12,13). The molecule has 0 fully saturated rings. The Morgan fingerprint density at radius 2 is 2.36 bits per heavy atom. The highest BCUT2D eigenvalue weighted by Crippen LogP contribution is 2.11. The second-order valence-corrected chi connectivity index (χ2v) is 2.67. The quantitative estimate of drug-likeness (QED) is 0.711. The second-order valence-electron chi connectivity index (χ2n) is 2.67. The van der Waals surface area contributed by atoms with Gasteiger partial charge in [0.05, 0.1) is 11.9 Å². The zero-order valence-electron chi connectivity index (χ0n) is 7.68.